The van der Waals surface area contributed by atoms with Crippen molar-refractivity contribution in [1.29, 1.82) is 0 Å². The molecule has 1 aliphatic rings. The normalized spacial score (nSPS) is 22.2. The minimum atomic E-state index is 0.346. The van der Waals surface area contributed by atoms with Gasteiger partial charge in [0.1, 0.15) is 5.75 Å². The van der Waals surface area contributed by atoms with Gasteiger partial charge in [0.05, 0.1) is 0 Å². The Morgan fingerprint density at radius 1 is 1.38 bits per heavy atom. The van der Waals surface area contributed by atoms with E-state index in [4.69, 9.17) is 5.73 Å². The molecule has 1 fully saturated rings. The van der Waals surface area contributed by atoms with Crippen LogP contribution in [0, 0.1) is 0 Å². The minimum absolute atomic E-state index is 0.346. The summed E-state index contributed by atoms with van der Waals surface area (Å²) in [5.41, 5.74) is 6.95. The van der Waals surface area contributed by atoms with Crippen LogP contribution in [0.2, 0.25) is 0 Å². The molecule has 0 aromatic heterocycles. The molecule has 1 aromatic carbocycles. The second-order valence-electron chi connectivity index (χ2n) is 4.53. The number of likely N-dealkylation sites (tertiary alicyclic amines) is 1. The first kappa shape index (κ1) is 11.4. The van der Waals surface area contributed by atoms with E-state index in [1.54, 1.807) is 6.07 Å². The van der Waals surface area contributed by atoms with E-state index in [-0.39, 0.29) is 0 Å². The fourth-order valence-electron chi connectivity index (χ4n) is 2.42. The zero-order valence-electron chi connectivity index (χ0n) is 9.60. The van der Waals surface area contributed by atoms with Crippen molar-refractivity contribution in [3.8, 4) is 5.75 Å². The lowest BCUT2D eigenvalue weighted by atomic mass is 10.0. The maximum atomic E-state index is 9.42. The summed E-state index contributed by atoms with van der Waals surface area (Å²) in [5.74, 6) is 0.346. The molecule has 3 N–H and O–H groups in total. The summed E-state index contributed by atoms with van der Waals surface area (Å²) < 4.78 is 0. The zero-order chi connectivity index (χ0) is 11.4. The maximum Gasteiger partial charge on any atom is 0.115 e. The highest BCUT2D eigenvalue weighted by Gasteiger charge is 2.20. The fraction of sp³-hybridized carbons (Fsp3) is 0.538. The molecular weight excluding hydrogens is 200 g/mol. The largest absolute Gasteiger partial charge is 0.508 e. The van der Waals surface area contributed by atoms with Crippen LogP contribution < -0.4 is 5.73 Å². The van der Waals surface area contributed by atoms with E-state index in [1.165, 1.54) is 24.8 Å². The van der Waals surface area contributed by atoms with Crippen molar-refractivity contribution in [2.75, 3.05) is 13.1 Å². The number of hydrogen-bond donors (Lipinski definition) is 2. The van der Waals surface area contributed by atoms with Gasteiger partial charge in [-0.15, -0.1) is 0 Å². The van der Waals surface area contributed by atoms with Crippen LogP contribution in [0.25, 0.3) is 0 Å². The molecule has 88 valence electrons. The summed E-state index contributed by atoms with van der Waals surface area (Å²) in [7, 11) is 0. The number of phenols is 1. The molecule has 0 spiro atoms. The van der Waals surface area contributed by atoms with Crippen LogP contribution in [0.5, 0.6) is 5.75 Å². The lowest BCUT2D eigenvalue weighted by molar-refractivity contribution is 0.145. The minimum Gasteiger partial charge on any atom is -0.508 e. The Morgan fingerprint density at radius 3 is 3.00 bits per heavy atom. The standard InChI is InChI=1S/C13H20N2O/c14-9-12-5-1-2-7-15(12)10-11-4-3-6-13(16)8-11/h3-4,6,8,12,16H,1-2,5,7,9-10,14H2. The highest BCUT2D eigenvalue weighted by atomic mass is 16.3. The van der Waals surface area contributed by atoms with Crippen LogP contribution in [0.4, 0.5) is 0 Å². The van der Waals surface area contributed by atoms with Gasteiger partial charge in [-0.3, -0.25) is 4.90 Å². The van der Waals surface area contributed by atoms with Gasteiger partial charge in [-0.05, 0) is 37.1 Å². The van der Waals surface area contributed by atoms with Crippen molar-refractivity contribution in [3.63, 3.8) is 0 Å². The third-order valence-electron chi connectivity index (χ3n) is 3.32. The maximum absolute atomic E-state index is 9.42. The van der Waals surface area contributed by atoms with E-state index < -0.39 is 0 Å². The van der Waals surface area contributed by atoms with Gasteiger partial charge in [0.25, 0.3) is 0 Å². The molecule has 3 heteroatoms. The number of nitrogens with zero attached hydrogens (tertiary/aromatic N) is 1. The molecule has 1 aromatic rings. The molecule has 0 amide bonds. The van der Waals surface area contributed by atoms with Crippen LogP contribution in [0.3, 0.4) is 0 Å². The molecule has 0 bridgehead atoms. The molecule has 16 heavy (non-hydrogen) atoms. The Bertz CT molecular complexity index is 340. The van der Waals surface area contributed by atoms with Crippen LogP contribution in [0.15, 0.2) is 24.3 Å². The first-order valence-corrected chi connectivity index (χ1v) is 6.01. The van der Waals surface area contributed by atoms with Crippen molar-refractivity contribution < 1.29 is 5.11 Å². The number of aromatic hydroxyl groups is 1. The van der Waals surface area contributed by atoms with Gasteiger partial charge in [0.2, 0.25) is 0 Å². The van der Waals surface area contributed by atoms with E-state index in [1.807, 2.05) is 12.1 Å². The van der Waals surface area contributed by atoms with E-state index >= 15 is 0 Å². The lowest BCUT2D eigenvalue weighted by Crippen LogP contribution is -2.43. The SMILES string of the molecule is NCC1CCCCN1Cc1cccc(O)c1. The number of phenolic OH excluding ortho intramolecular Hbond substituents is 1. The predicted octanol–water partition coefficient (Wildman–Crippen LogP) is 1.71. The van der Waals surface area contributed by atoms with Crippen molar-refractivity contribution in [2.24, 2.45) is 5.73 Å². The zero-order valence-corrected chi connectivity index (χ0v) is 9.60. The molecule has 0 radical (unpaired) electrons. The molecule has 1 atom stereocenters. The Labute approximate surface area is 96.9 Å². The van der Waals surface area contributed by atoms with Gasteiger partial charge >= 0.3 is 0 Å². The van der Waals surface area contributed by atoms with Gasteiger partial charge in [-0.2, -0.15) is 0 Å². The van der Waals surface area contributed by atoms with Gasteiger partial charge in [0.15, 0.2) is 0 Å². The number of nitrogens with two attached hydrogens (primary N) is 1. The van der Waals surface area contributed by atoms with E-state index in [9.17, 15) is 5.11 Å². The molecule has 1 saturated heterocycles. The Balaban J connectivity index is 2.02. The number of benzene rings is 1. The Morgan fingerprint density at radius 2 is 2.25 bits per heavy atom. The van der Waals surface area contributed by atoms with Crippen LogP contribution in [0.1, 0.15) is 24.8 Å². The summed E-state index contributed by atoms with van der Waals surface area (Å²) in [6.07, 6.45) is 3.75. The average molecular weight is 220 g/mol. The van der Waals surface area contributed by atoms with Crippen LogP contribution in [-0.4, -0.2) is 29.1 Å². The highest BCUT2D eigenvalue weighted by molar-refractivity contribution is 5.27. The van der Waals surface area contributed by atoms with Crippen molar-refractivity contribution in [1.82, 2.24) is 4.90 Å². The van der Waals surface area contributed by atoms with Crippen molar-refractivity contribution >= 4 is 0 Å². The van der Waals surface area contributed by atoms with Crippen LogP contribution >= 0.6 is 0 Å². The van der Waals surface area contributed by atoms with E-state index in [2.05, 4.69) is 11.0 Å². The molecule has 0 saturated carbocycles. The van der Waals surface area contributed by atoms with E-state index in [0.29, 0.717) is 11.8 Å². The van der Waals surface area contributed by atoms with E-state index in [0.717, 1.165) is 19.6 Å². The third-order valence-corrected chi connectivity index (χ3v) is 3.32. The first-order chi connectivity index (χ1) is 7.79. The molecular formula is C13H20N2O. The predicted molar refractivity (Wildman–Crippen MR) is 65.2 cm³/mol. The van der Waals surface area contributed by atoms with Crippen molar-refractivity contribution in [3.05, 3.63) is 29.8 Å². The van der Waals surface area contributed by atoms with Crippen LogP contribution in [-0.2, 0) is 6.54 Å². The number of piperidine rings is 1. The summed E-state index contributed by atoms with van der Waals surface area (Å²) in [5, 5.41) is 9.42. The van der Waals surface area contributed by atoms with Gasteiger partial charge in [-0.1, -0.05) is 18.6 Å². The lowest BCUT2D eigenvalue weighted by Gasteiger charge is -2.35. The average Bonchev–Trinajstić information content (AvgIpc) is 2.30. The monoisotopic (exact) mass is 220 g/mol. The summed E-state index contributed by atoms with van der Waals surface area (Å²) in [6.45, 7) is 2.76. The number of hydrogen-bond acceptors (Lipinski definition) is 3. The molecule has 2 rings (SSSR count). The molecule has 3 nitrogen and oxygen atoms in total. The highest BCUT2D eigenvalue weighted by Crippen LogP contribution is 2.20. The molecule has 0 aliphatic carbocycles. The van der Waals surface area contributed by atoms with Crippen molar-refractivity contribution in [2.45, 2.75) is 31.8 Å². The van der Waals surface area contributed by atoms with Gasteiger partial charge in [0, 0.05) is 19.1 Å². The smallest absolute Gasteiger partial charge is 0.115 e. The molecule has 1 heterocycles. The summed E-state index contributed by atoms with van der Waals surface area (Å²) in [6, 6.07) is 8.01. The fourth-order valence-corrected chi connectivity index (χ4v) is 2.42. The topological polar surface area (TPSA) is 49.5 Å². The quantitative estimate of drug-likeness (QED) is 0.815. The number of rotatable bonds is 3. The second-order valence-corrected chi connectivity index (χ2v) is 4.53. The third kappa shape index (κ3) is 2.74. The first-order valence-electron chi connectivity index (χ1n) is 6.01. The molecule has 1 aliphatic heterocycles. The second kappa shape index (κ2) is 5.32. The van der Waals surface area contributed by atoms with Gasteiger partial charge < -0.3 is 10.8 Å². The summed E-state index contributed by atoms with van der Waals surface area (Å²) in [4.78, 5) is 2.43. The molecule has 1 unspecified atom stereocenters. The summed E-state index contributed by atoms with van der Waals surface area (Å²) >= 11 is 0. The van der Waals surface area contributed by atoms with Gasteiger partial charge in [-0.25, -0.2) is 0 Å². The Hall–Kier alpha value is -1.06. The Kier molecular flexibility index (Phi) is 3.80.